The van der Waals surface area contributed by atoms with Crippen molar-refractivity contribution in [1.82, 2.24) is 0 Å². The van der Waals surface area contributed by atoms with Gasteiger partial charge < -0.3 is 5.73 Å². The van der Waals surface area contributed by atoms with E-state index in [1.165, 1.54) is 5.56 Å². The fourth-order valence-electron chi connectivity index (χ4n) is 2.18. The van der Waals surface area contributed by atoms with Crippen LogP contribution in [0.2, 0.25) is 0 Å². The van der Waals surface area contributed by atoms with Crippen LogP contribution in [0.4, 0.5) is 0 Å². The van der Waals surface area contributed by atoms with E-state index in [4.69, 9.17) is 5.73 Å². The summed E-state index contributed by atoms with van der Waals surface area (Å²) in [5.41, 5.74) is 7.00. The minimum atomic E-state index is -3.09. The second-order valence-corrected chi connectivity index (χ2v) is 7.41. The first-order chi connectivity index (χ1) is 8.90. The molecule has 4 heteroatoms. The minimum absolute atomic E-state index is 0.147. The molecule has 0 aliphatic heterocycles. The first-order valence-electron chi connectivity index (χ1n) is 6.99. The maximum atomic E-state index is 11.8. The van der Waals surface area contributed by atoms with Crippen LogP contribution in [0.15, 0.2) is 29.2 Å². The van der Waals surface area contributed by atoms with Crippen molar-refractivity contribution in [2.45, 2.75) is 56.9 Å². The van der Waals surface area contributed by atoms with Crippen molar-refractivity contribution in [3.63, 3.8) is 0 Å². The Hall–Kier alpha value is -0.870. The molecule has 1 aromatic rings. The van der Waals surface area contributed by atoms with E-state index in [0.717, 1.165) is 19.3 Å². The standard InChI is InChI=1S/C15H25NO2S/c1-4-13(7-6-12(3)16)14-8-10-15(11-9-14)19(17,18)5-2/h8-13H,4-7,16H2,1-3H3. The Morgan fingerprint density at radius 2 is 1.68 bits per heavy atom. The van der Waals surface area contributed by atoms with Crippen LogP contribution in [-0.2, 0) is 9.84 Å². The summed E-state index contributed by atoms with van der Waals surface area (Å²) in [6, 6.07) is 7.55. The molecule has 0 aliphatic rings. The van der Waals surface area contributed by atoms with E-state index >= 15 is 0 Å². The molecule has 1 aromatic carbocycles. The van der Waals surface area contributed by atoms with Crippen LogP contribution in [0.25, 0.3) is 0 Å². The molecule has 0 saturated heterocycles. The maximum Gasteiger partial charge on any atom is 0.178 e. The van der Waals surface area contributed by atoms with Crippen LogP contribution in [0.3, 0.4) is 0 Å². The molecule has 0 bridgehead atoms. The molecule has 0 aliphatic carbocycles. The number of hydrogen-bond acceptors (Lipinski definition) is 3. The van der Waals surface area contributed by atoms with Gasteiger partial charge in [0.15, 0.2) is 9.84 Å². The molecule has 19 heavy (non-hydrogen) atoms. The molecule has 0 radical (unpaired) electrons. The highest BCUT2D eigenvalue weighted by molar-refractivity contribution is 7.91. The molecule has 0 fully saturated rings. The summed E-state index contributed by atoms with van der Waals surface area (Å²) in [6.45, 7) is 5.84. The number of nitrogens with two attached hydrogens (primary N) is 1. The topological polar surface area (TPSA) is 60.2 Å². The van der Waals surface area contributed by atoms with Gasteiger partial charge in [-0.15, -0.1) is 0 Å². The molecule has 2 unspecified atom stereocenters. The third-order valence-corrected chi connectivity index (χ3v) is 5.30. The molecule has 0 aromatic heterocycles. The van der Waals surface area contributed by atoms with Crippen molar-refractivity contribution in [1.29, 1.82) is 0 Å². The predicted molar refractivity (Wildman–Crippen MR) is 80.1 cm³/mol. The lowest BCUT2D eigenvalue weighted by atomic mass is 9.91. The smallest absolute Gasteiger partial charge is 0.178 e. The maximum absolute atomic E-state index is 11.8. The van der Waals surface area contributed by atoms with E-state index in [0.29, 0.717) is 10.8 Å². The van der Waals surface area contributed by atoms with Gasteiger partial charge in [-0.1, -0.05) is 26.0 Å². The van der Waals surface area contributed by atoms with Crippen LogP contribution in [0.5, 0.6) is 0 Å². The third kappa shape index (κ3) is 4.62. The monoisotopic (exact) mass is 283 g/mol. The second kappa shape index (κ2) is 7.06. The van der Waals surface area contributed by atoms with E-state index < -0.39 is 9.84 Å². The van der Waals surface area contributed by atoms with Gasteiger partial charge in [0.25, 0.3) is 0 Å². The highest BCUT2D eigenvalue weighted by atomic mass is 32.2. The van der Waals surface area contributed by atoms with E-state index in [-0.39, 0.29) is 11.8 Å². The summed E-state index contributed by atoms with van der Waals surface area (Å²) < 4.78 is 23.5. The zero-order chi connectivity index (χ0) is 14.5. The Kier molecular flexibility index (Phi) is 6.01. The van der Waals surface area contributed by atoms with Crippen molar-refractivity contribution in [3.8, 4) is 0 Å². The third-order valence-electron chi connectivity index (χ3n) is 3.55. The SMILES string of the molecule is CCC(CCC(C)N)c1ccc(S(=O)(=O)CC)cc1. The van der Waals surface area contributed by atoms with Gasteiger partial charge in [0.05, 0.1) is 10.6 Å². The Labute approximate surface area is 117 Å². The summed E-state index contributed by atoms with van der Waals surface area (Å²) in [7, 11) is -3.09. The Morgan fingerprint density at radius 1 is 1.11 bits per heavy atom. The van der Waals surface area contributed by atoms with Crippen molar-refractivity contribution in [2.24, 2.45) is 5.73 Å². The zero-order valence-electron chi connectivity index (χ0n) is 12.1. The molecule has 0 amide bonds. The molecule has 2 atom stereocenters. The molecular weight excluding hydrogens is 258 g/mol. The zero-order valence-corrected chi connectivity index (χ0v) is 12.9. The van der Waals surface area contributed by atoms with Crippen LogP contribution in [0, 0.1) is 0 Å². The van der Waals surface area contributed by atoms with Gasteiger partial charge in [-0.25, -0.2) is 8.42 Å². The van der Waals surface area contributed by atoms with Gasteiger partial charge in [0, 0.05) is 6.04 Å². The number of rotatable bonds is 7. The van der Waals surface area contributed by atoms with Crippen LogP contribution in [0.1, 0.15) is 51.5 Å². The Bertz CT molecular complexity index is 477. The lowest BCUT2D eigenvalue weighted by Gasteiger charge is -2.17. The average molecular weight is 283 g/mol. The van der Waals surface area contributed by atoms with Gasteiger partial charge in [-0.2, -0.15) is 0 Å². The predicted octanol–water partition coefficient (Wildman–Crippen LogP) is 3.10. The summed E-state index contributed by atoms with van der Waals surface area (Å²) >= 11 is 0. The van der Waals surface area contributed by atoms with E-state index in [1.54, 1.807) is 19.1 Å². The second-order valence-electron chi connectivity index (χ2n) is 5.13. The van der Waals surface area contributed by atoms with Crippen molar-refractivity contribution < 1.29 is 8.42 Å². The van der Waals surface area contributed by atoms with Gasteiger partial charge in [0.1, 0.15) is 0 Å². The fraction of sp³-hybridized carbons (Fsp3) is 0.600. The minimum Gasteiger partial charge on any atom is -0.328 e. The average Bonchev–Trinajstić information content (AvgIpc) is 2.39. The van der Waals surface area contributed by atoms with Crippen LogP contribution < -0.4 is 5.73 Å². The van der Waals surface area contributed by atoms with E-state index in [2.05, 4.69) is 6.92 Å². The first-order valence-corrected chi connectivity index (χ1v) is 8.64. The van der Waals surface area contributed by atoms with Gasteiger partial charge in [-0.05, 0) is 49.8 Å². The van der Waals surface area contributed by atoms with Crippen LogP contribution in [-0.4, -0.2) is 20.2 Å². The van der Waals surface area contributed by atoms with Gasteiger partial charge in [0.2, 0.25) is 0 Å². The highest BCUT2D eigenvalue weighted by Crippen LogP contribution is 2.26. The molecule has 108 valence electrons. The molecule has 0 saturated carbocycles. The summed E-state index contributed by atoms with van der Waals surface area (Å²) in [4.78, 5) is 0.417. The van der Waals surface area contributed by atoms with Crippen molar-refractivity contribution in [2.75, 3.05) is 5.75 Å². The highest BCUT2D eigenvalue weighted by Gasteiger charge is 2.14. The summed E-state index contributed by atoms with van der Waals surface area (Å²) in [5, 5.41) is 0. The Morgan fingerprint density at radius 3 is 2.11 bits per heavy atom. The number of sulfone groups is 1. The van der Waals surface area contributed by atoms with Gasteiger partial charge >= 0.3 is 0 Å². The van der Waals surface area contributed by atoms with E-state index in [1.807, 2.05) is 19.1 Å². The van der Waals surface area contributed by atoms with Crippen molar-refractivity contribution >= 4 is 9.84 Å². The first kappa shape index (κ1) is 16.2. The molecular formula is C15H25NO2S. The van der Waals surface area contributed by atoms with Crippen LogP contribution >= 0.6 is 0 Å². The molecule has 3 nitrogen and oxygen atoms in total. The van der Waals surface area contributed by atoms with E-state index in [9.17, 15) is 8.42 Å². The summed E-state index contributed by atoms with van der Waals surface area (Å²) in [5.74, 6) is 0.609. The lowest BCUT2D eigenvalue weighted by molar-refractivity contribution is 0.532. The quantitative estimate of drug-likeness (QED) is 0.836. The van der Waals surface area contributed by atoms with Gasteiger partial charge in [-0.3, -0.25) is 0 Å². The number of hydrogen-bond donors (Lipinski definition) is 1. The normalized spacial score (nSPS) is 15.2. The Balaban J connectivity index is 2.85. The lowest BCUT2D eigenvalue weighted by Crippen LogP contribution is -2.15. The largest absolute Gasteiger partial charge is 0.328 e. The number of benzene rings is 1. The van der Waals surface area contributed by atoms with Crippen molar-refractivity contribution in [3.05, 3.63) is 29.8 Å². The molecule has 0 heterocycles. The fourth-order valence-corrected chi connectivity index (χ4v) is 3.07. The summed E-state index contributed by atoms with van der Waals surface area (Å²) in [6.07, 6.45) is 3.09. The molecule has 2 N–H and O–H groups in total. The molecule has 1 rings (SSSR count). The molecule has 0 spiro atoms.